The molecule has 0 fully saturated rings. The summed E-state index contributed by atoms with van der Waals surface area (Å²) in [5.74, 6) is 0.291. The van der Waals surface area contributed by atoms with Crippen LogP contribution in [0, 0.1) is 0 Å². The topological polar surface area (TPSA) is 79.8 Å². The molecule has 0 bridgehead atoms. The van der Waals surface area contributed by atoms with Gasteiger partial charge >= 0.3 is 0 Å². The third-order valence-corrected chi connectivity index (χ3v) is 3.73. The predicted octanol–water partition coefficient (Wildman–Crippen LogP) is 3.50. The molecule has 1 amide bonds. The number of amides is 1. The second-order valence-corrected chi connectivity index (χ2v) is 5.88. The van der Waals surface area contributed by atoms with Crippen molar-refractivity contribution in [2.45, 2.75) is 6.54 Å². The van der Waals surface area contributed by atoms with E-state index in [0.29, 0.717) is 23.7 Å². The van der Waals surface area contributed by atoms with Gasteiger partial charge in [0.1, 0.15) is 17.8 Å². The molecular weight excluding hydrogens is 370 g/mol. The van der Waals surface area contributed by atoms with Gasteiger partial charge in [0.15, 0.2) is 0 Å². The van der Waals surface area contributed by atoms with E-state index < -0.39 is 0 Å². The van der Waals surface area contributed by atoms with E-state index in [0.717, 1.165) is 10.0 Å². The van der Waals surface area contributed by atoms with Crippen LogP contribution >= 0.6 is 15.9 Å². The molecule has 3 rings (SSSR count). The molecule has 6 nitrogen and oxygen atoms in total. The molecule has 0 atom stereocenters. The van der Waals surface area contributed by atoms with Crippen LogP contribution < -0.4 is 10.6 Å². The smallest absolute Gasteiger partial charge is 0.274 e. The molecule has 0 aliphatic rings. The Bertz CT molecular complexity index is 824. The van der Waals surface area contributed by atoms with Gasteiger partial charge < -0.3 is 10.6 Å². The van der Waals surface area contributed by atoms with Crippen molar-refractivity contribution in [3.05, 3.63) is 76.9 Å². The second kappa shape index (κ2) is 7.65. The number of carbonyl (C=O) groups excluding carboxylic acids is 1. The second-order valence-electron chi connectivity index (χ2n) is 4.96. The Balaban J connectivity index is 1.65. The molecule has 0 unspecified atom stereocenters. The van der Waals surface area contributed by atoms with Crippen molar-refractivity contribution in [2.75, 3.05) is 10.6 Å². The Morgan fingerprint density at radius 1 is 1.12 bits per heavy atom. The van der Waals surface area contributed by atoms with Crippen LogP contribution in [0.15, 0.2) is 65.7 Å². The van der Waals surface area contributed by atoms with Gasteiger partial charge in [-0.3, -0.25) is 9.78 Å². The highest BCUT2D eigenvalue weighted by Crippen LogP contribution is 2.15. The molecule has 2 heterocycles. The van der Waals surface area contributed by atoms with Crippen LogP contribution in [-0.4, -0.2) is 20.9 Å². The summed E-state index contributed by atoms with van der Waals surface area (Å²) in [5, 5.41) is 5.95. The predicted molar refractivity (Wildman–Crippen MR) is 95.7 cm³/mol. The lowest BCUT2D eigenvalue weighted by atomic mass is 10.3. The highest BCUT2D eigenvalue weighted by molar-refractivity contribution is 9.10. The largest absolute Gasteiger partial charge is 0.366 e. The van der Waals surface area contributed by atoms with Crippen molar-refractivity contribution < 1.29 is 4.79 Å². The van der Waals surface area contributed by atoms with E-state index >= 15 is 0 Å². The summed E-state index contributed by atoms with van der Waals surface area (Å²) in [4.78, 5) is 24.5. The van der Waals surface area contributed by atoms with Gasteiger partial charge in [-0.15, -0.1) is 0 Å². The number of aromatic nitrogens is 3. The van der Waals surface area contributed by atoms with Gasteiger partial charge in [0.05, 0.1) is 0 Å². The molecule has 0 aliphatic heterocycles. The standard InChI is InChI=1S/C17H14BrN5O/c18-13-3-5-14(6-4-13)23-17(24)15-8-16(22-11-21-15)20-10-12-2-1-7-19-9-12/h1-9,11H,10H2,(H,23,24)(H,20,21,22). The SMILES string of the molecule is O=C(Nc1ccc(Br)cc1)c1cc(NCc2cccnc2)ncn1. The number of hydrogen-bond acceptors (Lipinski definition) is 5. The molecule has 3 aromatic rings. The van der Waals surface area contributed by atoms with E-state index in [-0.39, 0.29) is 5.91 Å². The molecule has 0 radical (unpaired) electrons. The van der Waals surface area contributed by atoms with Crippen LogP contribution in [0.2, 0.25) is 0 Å². The summed E-state index contributed by atoms with van der Waals surface area (Å²) in [6.45, 7) is 0.568. The number of halogens is 1. The normalized spacial score (nSPS) is 10.2. The minimum absolute atomic E-state index is 0.288. The Morgan fingerprint density at radius 2 is 1.96 bits per heavy atom. The van der Waals surface area contributed by atoms with Gasteiger partial charge in [-0.05, 0) is 35.9 Å². The number of carbonyl (C=O) groups is 1. The zero-order valence-corrected chi connectivity index (χ0v) is 14.2. The maximum absolute atomic E-state index is 12.3. The van der Waals surface area contributed by atoms with E-state index in [1.807, 2.05) is 36.4 Å². The van der Waals surface area contributed by atoms with Crippen molar-refractivity contribution in [1.82, 2.24) is 15.0 Å². The lowest BCUT2D eigenvalue weighted by molar-refractivity contribution is 0.102. The average molecular weight is 384 g/mol. The first-order valence-electron chi connectivity index (χ1n) is 7.22. The molecule has 1 aromatic carbocycles. The molecule has 2 aromatic heterocycles. The first-order valence-corrected chi connectivity index (χ1v) is 8.02. The fraction of sp³-hybridized carbons (Fsp3) is 0.0588. The van der Waals surface area contributed by atoms with Crippen molar-refractivity contribution in [2.24, 2.45) is 0 Å². The molecule has 0 saturated carbocycles. The number of rotatable bonds is 5. The lowest BCUT2D eigenvalue weighted by Gasteiger charge is -2.08. The van der Waals surface area contributed by atoms with Crippen LogP contribution in [-0.2, 0) is 6.54 Å². The molecule has 0 saturated heterocycles. The molecular formula is C17H14BrN5O. The van der Waals surface area contributed by atoms with Crippen molar-refractivity contribution in [3.8, 4) is 0 Å². The highest BCUT2D eigenvalue weighted by Gasteiger charge is 2.09. The van der Waals surface area contributed by atoms with Gasteiger partial charge in [-0.2, -0.15) is 0 Å². The van der Waals surface area contributed by atoms with E-state index in [9.17, 15) is 4.79 Å². The van der Waals surface area contributed by atoms with Gasteiger partial charge in [0.25, 0.3) is 5.91 Å². The van der Waals surface area contributed by atoms with E-state index in [1.165, 1.54) is 6.33 Å². The minimum Gasteiger partial charge on any atom is -0.366 e. The summed E-state index contributed by atoms with van der Waals surface area (Å²) in [6, 6.07) is 12.8. The molecule has 120 valence electrons. The van der Waals surface area contributed by atoms with Crippen molar-refractivity contribution >= 4 is 33.3 Å². The number of anilines is 2. The number of pyridine rings is 1. The molecule has 0 spiro atoms. The van der Waals surface area contributed by atoms with E-state index in [1.54, 1.807) is 18.5 Å². The Hall–Kier alpha value is -2.80. The fourth-order valence-corrected chi connectivity index (χ4v) is 2.27. The third kappa shape index (κ3) is 4.36. The van der Waals surface area contributed by atoms with Crippen molar-refractivity contribution in [1.29, 1.82) is 0 Å². The Morgan fingerprint density at radius 3 is 2.71 bits per heavy atom. The maximum atomic E-state index is 12.3. The Labute approximate surface area is 147 Å². The highest BCUT2D eigenvalue weighted by atomic mass is 79.9. The third-order valence-electron chi connectivity index (χ3n) is 3.20. The zero-order valence-electron chi connectivity index (χ0n) is 12.6. The summed E-state index contributed by atoms with van der Waals surface area (Å²) >= 11 is 3.36. The first-order chi connectivity index (χ1) is 11.7. The van der Waals surface area contributed by atoms with Crippen LogP contribution in [0.1, 0.15) is 16.1 Å². The van der Waals surface area contributed by atoms with Gasteiger partial charge in [0, 0.05) is 35.2 Å². The van der Waals surface area contributed by atoms with Gasteiger partial charge in [0.2, 0.25) is 0 Å². The number of benzene rings is 1. The Kier molecular flexibility index (Phi) is 5.12. The number of nitrogens with one attached hydrogen (secondary N) is 2. The van der Waals surface area contributed by atoms with Crippen LogP contribution in [0.4, 0.5) is 11.5 Å². The quantitative estimate of drug-likeness (QED) is 0.704. The fourth-order valence-electron chi connectivity index (χ4n) is 2.00. The molecule has 7 heteroatoms. The number of hydrogen-bond donors (Lipinski definition) is 2. The zero-order chi connectivity index (χ0) is 16.8. The minimum atomic E-state index is -0.288. The summed E-state index contributed by atoms with van der Waals surface area (Å²) in [7, 11) is 0. The first kappa shape index (κ1) is 16.1. The van der Waals surface area contributed by atoms with Crippen LogP contribution in [0.25, 0.3) is 0 Å². The number of nitrogens with zero attached hydrogens (tertiary/aromatic N) is 3. The summed E-state index contributed by atoms with van der Waals surface area (Å²) < 4.78 is 0.949. The van der Waals surface area contributed by atoms with E-state index in [2.05, 4.69) is 41.5 Å². The molecule has 0 aliphatic carbocycles. The van der Waals surface area contributed by atoms with Gasteiger partial charge in [-0.1, -0.05) is 22.0 Å². The monoisotopic (exact) mass is 383 g/mol. The van der Waals surface area contributed by atoms with Crippen LogP contribution in [0.5, 0.6) is 0 Å². The molecule has 24 heavy (non-hydrogen) atoms. The summed E-state index contributed by atoms with van der Waals surface area (Å²) in [5.41, 5.74) is 2.02. The maximum Gasteiger partial charge on any atom is 0.274 e. The van der Waals surface area contributed by atoms with E-state index in [4.69, 9.17) is 0 Å². The lowest BCUT2D eigenvalue weighted by Crippen LogP contribution is -2.14. The summed E-state index contributed by atoms with van der Waals surface area (Å²) in [6.07, 6.45) is 4.86. The van der Waals surface area contributed by atoms with Crippen molar-refractivity contribution in [3.63, 3.8) is 0 Å². The van der Waals surface area contributed by atoms with Gasteiger partial charge in [-0.25, -0.2) is 9.97 Å². The molecule has 2 N–H and O–H groups in total. The average Bonchev–Trinajstić information content (AvgIpc) is 2.63. The van der Waals surface area contributed by atoms with Crippen LogP contribution in [0.3, 0.4) is 0 Å².